The summed E-state index contributed by atoms with van der Waals surface area (Å²) in [5.74, 6) is 0. The average Bonchev–Trinajstić information content (AvgIpc) is 3.36. The lowest BCUT2D eigenvalue weighted by Gasteiger charge is -2.50. The van der Waals surface area contributed by atoms with Gasteiger partial charge in [0.05, 0.1) is 17.3 Å². The standard InChI is InChI=1S/C18H19BN5OS/c1-12-8-22-17(26-12)13-9-21-16-15(13)14(2-5-20-16)23-6-3-18(10-23)4-7-24(18)19-11-25/h2,5,8-9,11H,3-4,6-7,10H2,1H3,(H,20,21). The van der Waals surface area contributed by atoms with Crippen LogP contribution in [0.1, 0.15) is 17.7 Å². The highest BCUT2D eigenvalue weighted by Gasteiger charge is 2.49. The van der Waals surface area contributed by atoms with Crippen LogP contribution in [-0.4, -0.2) is 58.5 Å². The lowest BCUT2D eigenvalue weighted by atomic mass is 9.74. The summed E-state index contributed by atoms with van der Waals surface area (Å²) in [6, 6.07) is 2.10. The SMILES string of the molecule is Cc1cnc(-c2c[nH]c3nccc(N4CCC5(CCN5[B]C=O)C4)c23)s1. The molecule has 6 nitrogen and oxygen atoms in total. The Kier molecular flexibility index (Phi) is 3.65. The molecule has 2 fully saturated rings. The van der Waals surface area contributed by atoms with Gasteiger partial charge < -0.3 is 19.5 Å². The summed E-state index contributed by atoms with van der Waals surface area (Å²) in [7, 11) is 1.70. The Balaban J connectivity index is 1.54. The van der Waals surface area contributed by atoms with E-state index < -0.39 is 0 Å². The highest BCUT2D eigenvalue weighted by Crippen LogP contribution is 2.43. The van der Waals surface area contributed by atoms with Crippen LogP contribution in [0.15, 0.2) is 24.7 Å². The molecule has 1 radical (unpaired) electrons. The smallest absolute Gasteiger partial charge is 0.293 e. The summed E-state index contributed by atoms with van der Waals surface area (Å²) in [5, 5.41) is 2.17. The fourth-order valence-corrected chi connectivity index (χ4v) is 5.10. The molecule has 1 spiro atoms. The monoisotopic (exact) mass is 364 g/mol. The Morgan fingerprint density at radius 2 is 2.23 bits per heavy atom. The largest absolute Gasteiger partial charge is 0.369 e. The molecule has 0 aromatic carbocycles. The predicted molar refractivity (Wildman–Crippen MR) is 105 cm³/mol. The second-order valence-electron chi connectivity index (χ2n) is 7.16. The number of nitrogens with zero attached hydrogens (tertiary/aromatic N) is 4. The predicted octanol–water partition coefficient (Wildman–Crippen LogP) is 2.46. The van der Waals surface area contributed by atoms with Crippen molar-refractivity contribution in [3.05, 3.63) is 29.5 Å². The van der Waals surface area contributed by atoms with Crippen molar-refractivity contribution >= 4 is 41.7 Å². The Hall–Kier alpha value is -2.19. The first-order chi connectivity index (χ1) is 12.7. The van der Waals surface area contributed by atoms with Gasteiger partial charge in [-0.15, -0.1) is 11.3 Å². The van der Waals surface area contributed by atoms with Gasteiger partial charge in [0.15, 0.2) is 0 Å². The van der Waals surface area contributed by atoms with Crippen molar-refractivity contribution in [2.75, 3.05) is 24.5 Å². The van der Waals surface area contributed by atoms with Gasteiger partial charge in [-0.05, 0) is 32.4 Å². The number of anilines is 1. The average molecular weight is 364 g/mol. The third kappa shape index (κ3) is 2.32. The number of thiazole rings is 1. The van der Waals surface area contributed by atoms with Gasteiger partial charge in [0, 0.05) is 47.7 Å². The molecule has 0 aliphatic carbocycles. The molecular weight excluding hydrogens is 345 g/mol. The Morgan fingerprint density at radius 3 is 2.96 bits per heavy atom. The molecule has 5 rings (SSSR count). The second kappa shape index (κ2) is 5.92. The molecule has 1 N–H and O–H groups in total. The maximum absolute atomic E-state index is 10.9. The van der Waals surface area contributed by atoms with Crippen molar-refractivity contribution in [1.29, 1.82) is 0 Å². The van der Waals surface area contributed by atoms with Crippen LogP contribution in [0.5, 0.6) is 0 Å². The summed E-state index contributed by atoms with van der Waals surface area (Å²) in [4.78, 5) is 29.1. The van der Waals surface area contributed by atoms with Gasteiger partial charge in [-0.3, -0.25) is 0 Å². The maximum Gasteiger partial charge on any atom is 0.293 e. The lowest BCUT2D eigenvalue weighted by Crippen LogP contribution is -2.62. The van der Waals surface area contributed by atoms with E-state index in [0.29, 0.717) is 0 Å². The minimum Gasteiger partial charge on any atom is -0.369 e. The molecule has 2 saturated heterocycles. The number of aromatic amines is 1. The van der Waals surface area contributed by atoms with Gasteiger partial charge in [0.2, 0.25) is 0 Å². The van der Waals surface area contributed by atoms with E-state index in [1.54, 1.807) is 18.8 Å². The summed E-state index contributed by atoms with van der Waals surface area (Å²) >= 11 is 1.70. The number of nitrogens with one attached hydrogen (secondary N) is 1. The first-order valence-electron chi connectivity index (χ1n) is 8.89. The van der Waals surface area contributed by atoms with Crippen LogP contribution < -0.4 is 4.90 Å². The topological polar surface area (TPSA) is 65.1 Å². The molecule has 1 unspecified atom stereocenters. The minimum absolute atomic E-state index is 0.116. The van der Waals surface area contributed by atoms with Crippen molar-refractivity contribution in [2.24, 2.45) is 0 Å². The first-order valence-corrected chi connectivity index (χ1v) is 9.71. The molecule has 2 aliphatic rings. The van der Waals surface area contributed by atoms with Gasteiger partial charge in [-0.25, -0.2) is 9.97 Å². The van der Waals surface area contributed by atoms with Gasteiger partial charge >= 0.3 is 0 Å². The van der Waals surface area contributed by atoms with Crippen LogP contribution in [0.4, 0.5) is 5.69 Å². The number of aryl methyl sites for hydroxylation is 1. The van der Waals surface area contributed by atoms with Crippen molar-refractivity contribution in [3.63, 3.8) is 0 Å². The van der Waals surface area contributed by atoms with E-state index in [2.05, 4.69) is 37.7 Å². The summed E-state index contributed by atoms with van der Waals surface area (Å²) < 4.78 is 0. The van der Waals surface area contributed by atoms with Crippen molar-refractivity contribution in [1.82, 2.24) is 19.8 Å². The zero-order valence-electron chi connectivity index (χ0n) is 14.6. The molecule has 3 aromatic heterocycles. The first kappa shape index (κ1) is 16.0. The van der Waals surface area contributed by atoms with E-state index in [9.17, 15) is 4.79 Å². The second-order valence-corrected chi connectivity index (χ2v) is 8.39. The third-order valence-corrected chi connectivity index (χ3v) is 6.69. The molecule has 131 valence electrons. The van der Waals surface area contributed by atoms with E-state index >= 15 is 0 Å². The molecule has 1 atom stereocenters. The molecule has 0 saturated carbocycles. The highest BCUT2D eigenvalue weighted by atomic mass is 32.1. The number of hydrogen-bond acceptors (Lipinski definition) is 6. The minimum atomic E-state index is 0.116. The molecule has 8 heteroatoms. The van der Waals surface area contributed by atoms with Gasteiger partial charge in [-0.2, -0.15) is 0 Å². The highest BCUT2D eigenvalue weighted by molar-refractivity contribution is 7.15. The van der Waals surface area contributed by atoms with Crippen LogP contribution in [0, 0.1) is 6.92 Å². The van der Waals surface area contributed by atoms with Crippen LogP contribution in [0.3, 0.4) is 0 Å². The molecule has 2 aliphatic heterocycles. The number of hydrogen-bond donors (Lipinski definition) is 1. The molecule has 0 amide bonds. The molecule has 0 bridgehead atoms. The summed E-state index contributed by atoms with van der Waals surface area (Å²) in [6.45, 7) is 4.99. The summed E-state index contributed by atoms with van der Waals surface area (Å²) in [6.07, 6.45) is 8.93. The number of rotatable bonds is 4. The summed E-state index contributed by atoms with van der Waals surface area (Å²) in [5.41, 5.74) is 3.34. The zero-order valence-corrected chi connectivity index (χ0v) is 15.4. The number of carbonyl (C=O) groups excluding carboxylic acids is 1. The fraction of sp³-hybridized carbons (Fsp3) is 0.389. The van der Waals surface area contributed by atoms with Crippen LogP contribution in [0.2, 0.25) is 0 Å². The number of H-pyrrole nitrogens is 1. The van der Waals surface area contributed by atoms with E-state index in [-0.39, 0.29) is 5.54 Å². The van der Waals surface area contributed by atoms with Crippen LogP contribution in [0.25, 0.3) is 21.6 Å². The van der Waals surface area contributed by atoms with Gasteiger partial charge in [0.1, 0.15) is 10.7 Å². The Morgan fingerprint density at radius 1 is 1.35 bits per heavy atom. The normalized spacial score (nSPS) is 22.9. The van der Waals surface area contributed by atoms with Crippen molar-refractivity contribution in [2.45, 2.75) is 25.3 Å². The lowest BCUT2D eigenvalue weighted by molar-refractivity contribution is 0.0940. The molecule has 3 aromatic rings. The molecule has 26 heavy (non-hydrogen) atoms. The maximum atomic E-state index is 10.9. The Bertz CT molecular complexity index is 985. The Labute approximate surface area is 156 Å². The van der Waals surface area contributed by atoms with Crippen LogP contribution >= 0.6 is 11.3 Å². The van der Waals surface area contributed by atoms with E-state index in [0.717, 1.165) is 60.3 Å². The van der Waals surface area contributed by atoms with Crippen molar-refractivity contribution in [3.8, 4) is 10.6 Å². The third-order valence-electron chi connectivity index (χ3n) is 5.74. The van der Waals surface area contributed by atoms with Crippen molar-refractivity contribution < 1.29 is 4.79 Å². The van der Waals surface area contributed by atoms with Gasteiger partial charge in [-0.1, -0.05) is 0 Å². The van der Waals surface area contributed by atoms with E-state index in [1.807, 2.05) is 18.6 Å². The number of aromatic nitrogens is 3. The van der Waals surface area contributed by atoms with Crippen LogP contribution in [-0.2, 0) is 4.79 Å². The zero-order chi connectivity index (χ0) is 17.7. The fourth-order valence-electron chi connectivity index (χ4n) is 4.31. The quantitative estimate of drug-likeness (QED) is 0.569. The number of pyridine rings is 1. The van der Waals surface area contributed by atoms with Gasteiger partial charge in [0.25, 0.3) is 7.41 Å². The molecular formula is C18H19BN5OS. The number of fused-ring (bicyclic) bond motifs is 1. The van der Waals surface area contributed by atoms with E-state index in [4.69, 9.17) is 0 Å². The number of carbonyl (C=O) groups is 1. The molecule has 5 heterocycles. The van der Waals surface area contributed by atoms with E-state index in [1.165, 1.54) is 10.6 Å².